The first kappa shape index (κ1) is 8.84. The summed E-state index contributed by atoms with van der Waals surface area (Å²) in [7, 11) is 0. The van der Waals surface area contributed by atoms with Crippen molar-refractivity contribution in [2.45, 2.75) is 4.90 Å². The molecule has 0 radical (unpaired) electrons. The van der Waals surface area contributed by atoms with Crippen LogP contribution in [0.1, 0.15) is 0 Å². The Morgan fingerprint density at radius 2 is 2.09 bits per heavy atom. The van der Waals surface area contributed by atoms with Crippen molar-refractivity contribution >= 4 is 39.9 Å². The van der Waals surface area contributed by atoms with Gasteiger partial charge in [0.2, 0.25) is 0 Å². The van der Waals surface area contributed by atoms with Crippen LogP contribution in [-0.2, 0) is 0 Å². The summed E-state index contributed by atoms with van der Waals surface area (Å²) in [6.07, 6.45) is 0. The highest BCUT2D eigenvalue weighted by molar-refractivity contribution is 8.23. The lowest BCUT2D eigenvalue weighted by atomic mass is 10.4. The minimum Gasteiger partial charge on any atom is -0.384 e. The van der Waals surface area contributed by atoms with Crippen LogP contribution in [0.2, 0.25) is 5.02 Å². The summed E-state index contributed by atoms with van der Waals surface area (Å²) in [5.41, 5.74) is 5.33. The molecule has 0 aromatic heterocycles. The third-order valence-corrected chi connectivity index (χ3v) is 2.52. The highest BCUT2D eigenvalue weighted by atomic mass is 35.5. The fourth-order valence-corrected chi connectivity index (χ4v) is 1.69. The summed E-state index contributed by atoms with van der Waals surface area (Å²) >= 11 is 11.9. The lowest BCUT2D eigenvalue weighted by molar-refractivity contribution is 1.47. The first-order chi connectivity index (χ1) is 5.20. The summed E-state index contributed by atoms with van der Waals surface area (Å²) < 4.78 is 0.387. The van der Waals surface area contributed by atoms with Gasteiger partial charge in [0.15, 0.2) is 0 Å². The van der Waals surface area contributed by atoms with E-state index in [0.29, 0.717) is 9.34 Å². The van der Waals surface area contributed by atoms with Crippen molar-refractivity contribution < 1.29 is 0 Å². The Bertz CT molecular complexity index is 275. The van der Waals surface area contributed by atoms with Crippen molar-refractivity contribution in [1.82, 2.24) is 0 Å². The Morgan fingerprint density at radius 3 is 2.64 bits per heavy atom. The summed E-state index contributed by atoms with van der Waals surface area (Å²) in [5.74, 6) is 0. The summed E-state index contributed by atoms with van der Waals surface area (Å²) in [5, 5.41) is 0.685. The van der Waals surface area contributed by atoms with Crippen LogP contribution in [0.25, 0.3) is 0 Å². The highest BCUT2D eigenvalue weighted by Gasteiger charge is 1.99. The van der Waals surface area contributed by atoms with E-state index in [4.69, 9.17) is 29.6 Å². The van der Waals surface area contributed by atoms with E-state index in [1.807, 2.05) is 24.3 Å². The maximum atomic E-state index is 5.83. The molecule has 0 aliphatic carbocycles. The van der Waals surface area contributed by atoms with E-state index in [-0.39, 0.29) is 0 Å². The highest BCUT2D eigenvalue weighted by Crippen LogP contribution is 2.26. The standard InChI is InChI=1S/C7H6ClNS2/c8-5-3-1-2-4-6(5)11-7(9)10/h1-4H,(H2,9,10). The molecule has 0 spiro atoms. The minimum atomic E-state index is 0.387. The average molecular weight is 204 g/mol. The molecule has 0 fully saturated rings. The molecule has 0 heterocycles. The van der Waals surface area contributed by atoms with Gasteiger partial charge < -0.3 is 5.73 Å². The molecule has 2 N–H and O–H groups in total. The lowest BCUT2D eigenvalue weighted by Crippen LogP contribution is -2.00. The molecule has 0 amide bonds. The van der Waals surface area contributed by atoms with Crippen molar-refractivity contribution in [3.05, 3.63) is 29.3 Å². The minimum absolute atomic E-state index is 0.387. The van der Waals surface area contributed by atoms with Crippen LogP contribution >= 0.6 is 35.6 Å². The van der Waals surface area contributed by atoms with Gasteiger partial charge in [0, 0.05) is 4.90 Å². The molecule has 1 aromatic rings. The predicted molar refractivity (Wildman–Crippen MR) is 54.1 cm³/mol. The van der Waals surface area contributed by atoms with Crippen molar-refractivity contribution in [3.8, 4) is 0 Å². The van der Waals surface area contributed by atoms with Gasteiger partial charge in [-0.1, -0.05) is 47.7 Å². The zero-order valence-corrected chi connectivity index (χ0v) is 7.97. The van der Waals surface area contributed by atoms with Crippen LogP contribution < -0.4 is 5.73 Å². The Morgan fingerprint density at radius 1 is 1.45 bits per heavy atom. The molecule has 58 valence electrons. The van der Waals surface area contributed by atoms with Crippen molar-refractivity contribution in [3.63, 3.8) is 0 Å². The molecule has 4 heteroatoms. The van der Waals surface area contributed by atoms with E-state index in [0.717, 1.165) is 4.90 Å². The molecule has 1 nitrogen and oxygen atoms in total. The molecule has 0 aliphatic heterocycles. The Labute approximate surface area is 79.9 Å². The van der Waals surface area contributed by atoms with Gasteiger partial charge in [-0.15, -0.1) is 0 Å². The number of halogens is 1. The fraction of sp³-hybridized carbons (Fsp3) is 0. The Kier molecular flexibility index (Phi) is 3.17. The molecule has 0 bridgehead atoms. The number of thioether (sulfide) groups is 1. The lowest BCUT2D eigenvalue weighted by Gasteiger charge is -1.99. The molecule has 0 aliphatic rings. The van der Waals surface area contributed by atoms with E-state index in [2.05, 4.69) is 0 Å². The van der Waals surface area contributed by atoms with Gasteiger partial charge in [-0.25, -0.2) is 0 Å². The number of nitrogens with two attached hydrogens (primary N) is 1. The van der Waals surface area contributed by atoms with Crippen LogP contribution in [-0.4, -0.2) is 4.32 Å². The zero-order chi connectivity index (χ0) is 8.27. The number of hydrogen-bond acceptors (Lipinski definition) is 2. The normalized spacial score (nSPS) is 9.55. The summed E-state index contributed by atoms with van der Waals surface area (Å²) in [6, 6.07) is 7.45. The third kappa shape index (κ3) is 2.69. The molecule has 0 saturated heterocycles. The maximum absolute atomic E-state index is 5.83. The second-order valence-electron chi connectivity index (χ2n) is 1.85. The van der Waals surface area contributed by atoms with Crippen LogP contribution in [0.5, 0.6) is 0 Å². The Hall–Kier alpha value is -0.250. The number of thiocarbonyl (C=S) groups is 1. The van der Waals surface area contributed by atoms with E-state index in [9.17, 15) is 0 Å². The van der Waals surface area contributed by atoms with E-state index < -0.39 is 0 Å². The van der Waals surface area contributed by atoms with Crippen LogP contribution in [0.15, 0.2) is 29.2 Å². The number of rotatable bonds is 1. The monoisotopic (exact) mass is 203 g/mol. The largest absolute Gasteiger partial charge is 0.384 e. The fourth-order valence-electron chi connectivity index (χ4n) is 0.636. The van der Waals surface area contributed by atoms with Crippen molar-refractivity contribution in [2.24, 2.45) is 5.73 Å². The quantitative estimate of drug-likeness (QED) is 0.562. The van der Waals surface area contributed by atoms with Gasteiger partial charge in [0.05, 0.1) is 5.02 Å². The van der Waals surface area contributed by atoms with Crippen molar-refractivity contribution in [1.29, 1.82) is 0 Å². The first-order valence-electron chi connectivity index (χ1n) is 2.92. The van der Waals surface area contributed by atoms with Gasteiger partial charge in [-0.3, -0.25) is 0 Å². The molecule has 0 unspecified atom stereocenters. The summed E-state index contributed by atoms with van der Waals surface area (Å²) in [6.45, 7) is 0. The number of benzene rings is 1. The number of hydrogen-bond donors (Lipinski definition) is 1. The van der Waals surface area contributed by atoms with Crippen LogP contribution in [0.4, 0.5) is 0 Å². The second kappa shape index (κ2) is 3.95. The second-order valence-corrected chi connectivity index (χ2v) is 4.04. The molecule has 1 aromatic carbocycles. The smallest absolute Gasteiger partial charge is 0.136 e. The zero-order valence-electron chi connectivity index (χ0n) is 5.58. The Balaban J connectivity index is 2.86. The van der Waals surface area contributed by atoms with Gasteiger partial charge >= 0.3 is 0 Å². The van der Waals surface area contributed by atoms with E-state index in [1.54, 1.807) is 0 Å². The molecule has 11 heavy (non-hydrogen) atoms. The predicted octanol–water partition coefficient (Wildman–Crippen LogP) is 2.68. The topological polar surface area (TPSA) is 26.0 Å². The van der Waals surface area contributed by atoms with Gasteiger partial charge in [0.25, 0.3) is 0 Å². The van der Waals surface area contributed by atoms with Gasteiger partial charge in [0.1, 0.15) is 4.32 Å². The summed E-state index contributed by atoms with van der Waals surface area (Å²) in [4.78, 5) is 0.904. The average Bonchev–Trinajstić information content (AvgIpc) is 1.93. The molecule has 0 atom stereocenters. The molecular formula is C7H6ClNS2. The van der Waals surface area contributed by atoms with Crippen LogP contribution in [0.3, 0.4) is 0 Å². The molecule has 1 rings (SSSR count). The SMILES string of the molecule is NC(=S)Sc1ccccc1Cl. The maximum Gasteiger partial charge on any atom is 0.136 e. The van der Waals surface area contributed by atoms with E-state index in [1.165, 1.54) is 11.8 Å². The van der Waals surface area contributed by atoms with Crippen LogP contribution in [0, 0.1) is 0 Å². The van der Waals surface area contributed by atoms with Crippen molar-refractivity contribution in [2.75, 3.05) is 0 Å². The molecule has 0 saturated carbocycles. The van der Waals surface area contributed by atoms with E-state index >= 15 is 0 Å². The van der Waals surface area contributed by atoms with Gasteiger partial charge in [-0.05, 0) is 12.1 Å². The third-order valence-electron chi connectivity index (χ3n) is 1.05. The van der Waals surface area contributed by atoms with Gasteiger partial charge in [-0.2, -0.15) is 0 Å². The molecular weight excluding hydrogens is 198 g/mol. The first-order valence-corrected chi connectivity index (χ1v) is 4.52.